The lowest BCUT2D eigenvalue weighted by atomic mass is 10.3. The lowest BCUT2D eigenvalue weighted by molar-refractivity contribution is 0.207. The van der Waals surface area contributed by atoms with Gasteiger partial charge < -0.3 is 5.11 Å². The van der Waals surface area contributed by atoms with Crippen molar-refractivity contribution in [1.29, 1.82) is 0 Å². The molecule has 112 valence electrons. The molecule has 0 amide bonds. The summed E-state index contributed by atoms with van der Waals surface area (Å²) in [5, 5.41) is 21.8. The summed E-state index contributed by atoms with van der Waals surface area (Å²) >= 11 is 6.99. The van der Waals surface area contributed by atoms with Gasteiger partial charge in [-0.3, -0.25) is 0 Å². The molecule has 0 aliphatic carbocycles. The molecule has 1 saturated heterocycles. The Balaban J connectivity index is 1.85. The highest BCUT2D eigenvalue weighted by Crippen LogP contribution is 2.30. The fourth-order valence-corrected chi connectivity index (χ4v) is 5.64. The van der Waals surface area contributed by atoms with Crippen molar-refractivity contribution in [2.24, 2.45) is 0 Å². The molecule has 2 heterocycles. The summed E-state index contributed by atoms with van der Waals surface area (Å²) < 4.78 is 24.5. The van der Waals surface area contributed by atoms with Crippen molar-refractivity contribution >= 4 is 33.2 Å². The van der Waals surface area contributed by atoms with Crippen LogP contribution in [-0.2, 0) is 9.84 Å². The molecule has 1 aliphatic rings. The number of aliphatic hydroxyl groups is 1. The minimum Gasteiger partial charge on any atom is -0.391 e. The zero-order chi connectivity index (χ0) is 15.0. The van der Waals surface area contributed by atoms with E-state index >= 15 is 0 Å². The summed E-state index contributed by atoms with van der Waals surface area (Å²) in [5.41, 5.74) is 0.710. The van der Waals surface area contributed by atoms with E-state index in [2.05, 4.69) is 15.5 Å². The normalized spacial score (nSPS) is 24.3. The average Bonchev–Trinajstić information content (AvgIpc) is 2.95. The van der Waals surface area contributed by atoms with Crippen LogP contribution in [0.5, 0.6) is 0 Å². The Morgan fingerprint density at radius 1 is 1.29 bits per heavy atom. The molecule has 10 heteroatoms. The van der Waals surface area contributed by atoms with Gasteiger partial charge in [0.2, 0.25) is 5.16 Å². The van der Waals surface area contributed by atoms with E-state index in [1.807, 2.05) is 0 Å². The van der Waals surface area contributed by atoms with Crippen LogP contribution in [0.1, 0.15) is 0 Å². The van der Waals surface area contributed by atoms with Gasteiger partial charge in [-0.05, 0) is 34.7 Å². The third-order valence-corrected chi connectivity index (χ3v) is 6.47. The van der Waals surface area contributed by atoms with Crippen molar-refractivity contribution in [3.63, 3.8) is 0 Å². The van der Waals surface area contributed by atoms with Gasteiger partial charge in [-0.25, -0.2) is 8.42 Å². The number of aliphatic hydroxyl groups excluding tert-OH is 1. The van der Waals surface area contributed by atoms with E-state index in [0.29, 0.717) is 15.9 Å². The molecule has 0 bridgehead atoms. The first-order chi connectivity index (χ1) is 9.94. The first kappa shape index (κ1) is 14.8. The van der Waals surface area contributed by atoms with Crippen LogP contribution >= 0.6 is 23.4 Å². The Kier molecular flexibility index (Phi) is 3.91. The molecule has 1 aromatic carbocycles. The van der Waals surface area contributed by atoms with E-state index in [1.165, 1.54) is 4.68 Å². The first-order valence-corrected chi connectivity index (χ1v) is 9.12. The SMILES string of the molecule is O=S1(=O)C[C@H](O)[C@H](Sc2nnnn2-c2ccc(Cl)cc2)C1. The third kappa shape index (κ3) is 3.20. The highest BCUT2D eigenvalue weighted by Gasteiger charge is 2.38. The summed E-state index contributed by atoms with van der Waals surface area (Å²) in [5.74, 6) is -0.292. The van der Waals surface area contributed by atoms with E-state index in [9.17, 15) is 13.5 Å². The molecule has 3 rings (SSSR count). The van der Waals surface area contributed by atoms with Gasteiger partial charge in [-0.1, -0.05) is 23.4 Å². The lowest BCUT2D eigenvalue weighted by Crippen LogP contribution is -2.20. The van der Waals surface area contributed by atoms with Crippen LogP contribution in [0.4, 0.5) is 0 Å². The zero-order valence-electron chi connectivity index (χ0n) is 10.6. The molecular formula is C11H11ClN4O3S2. The number of benzene rings is 1. The van der Waals surface area contributed by atoms with Crippen molar-refractivity contribution in [3.8, 4) is 5.69 Å². The Bertz CT molecular complexity index is 747. The largest absolute Gasteiger partial charge is 0.391 e. The van der Waals surface area contributed by atoms with Crippen molar-refractivity contribution in [2.45, 2.75) is 16.5 Å². The van der Waals surface area contributed by atoms with E-state index in [4.69, 9.17) is 11.6 Å². The van der Waals surface area contributed by atoms with Gasteiger partial charge in [0.05, 0.1) is 28.5 Å². The van der Waals surface area contributed by atoms with Crippen LogP contribution in [-0.4, -0.2) is 56.6 Å². The maximum atomic E-state index is 11.5. The first-order valence-electron chi connectivity index (χ1n) is 6.04. The van der Waals surface area contributed by atoms with Gasteiger partial charge in [-0.15, -0.1) is 5.10 Å². The van der Waals surface area contributed by atoms with Crippen LogP contribution in [0.2, 0.25) is 5.02 Å². The number of nitrogens with zero attached hydrogens (tertiary/aromatic N) is 4. The number of sulfone groups is 1. The summed E-state index contributed by atoms with van der Waals surface area (Å²) in [6, 6.07) is 6.93. The molecule has 0 unspecified atom stereocenters. The minimum absolute atomic E-state index is 0.0771. The molecule has 1 aliphatic heterocycles. The number of thioether (sulfide) groups is 1. The van der Waals surface area contributed by atoms with E-state index in [-0.39, 0.29) is 11.5 Å². The predicted molar refractivity (Wildman–Crippen MR) is 78.5 cm³/mol. The summed E-state index contributed by atoms with van der Waals surface area (Å²) in [4.78, 5) is 0. The molecule has 2 aromatic rings. The molecule has 0 spiro atoms. The second-order valence-electron chi connectivity index (χ2n) is 4.65. The predicted octanol–water partition coefficient (Wildman–Crippen LogP) is 0.566. The van der Waals surface area contributed by atoms with Gasteiger partial charge in [0.1, 0.15) is 0 Å². The molecule has 1 N–H and O–H groups in total. The Labute approximate surface area is 130 Å². The van der Waals surface area contributed by atoms with Crippen molar-refractivity contribution in [2.75, 3.05) is 11.5 Å². The molecular weight excluding hydrogens is 336 g/mol. The maximum Gasteiger partial charge on any atom is 0.214 e. The van der Waals surface area contributed by atoms with Crippen molar-refractivity contribution in [3.05, 3.63) is 29.3 Å². The third-order valence-electron chi connectivity index (χ3n) is 3.04. The number of rotatable bonds is 3. The molecule has 0 saturated carbocycles. The molecule has 2 atom stereocenters. The smallest absolute Gasteiger partial charge is 0.214 e. The fourth-order valence-electron chi connectivity index (χ4n) is 2.04. The minimum atomic E-state index is -3.20. The van der Waals surface area contributed by atoms with Crippen LogP contribution in [0, 0.1) is 0 Å². The Morgan fingerprint density at radius 3 is 2.62 bits per heavy atom. The van der Waals surface area contributed by atoms with Gasteiger partial charge in [0.25, 0.3) is 0 Å². The lowest BCUT2D eigenvalue weighted by Gasteiger charge is -2.11. The fraction of sp³-hybridized carbons (Fsp3) is 0.364. The maximum absolute atomic E-state index is 11.5. The summed E-state index contributed by atoms with van der Waals surface area (Å²) in [7, 11) is -3.20. The van der Waals surface area contributed by atoms with Crippen molar-refractivity contribution < 1.29 is 13.5 Å². The van der Waals surface area contributed by atoms with Crippen LogP contribution in [0.15, 0.2) is 29.4 Å². The standard InChI is InChI=1S/C11H11ClN4O3S2/c12-7-1-3-8(4-2-7)16-11(13-14-15-16)20-10-6-21(18,19)5-9(10)17/h1-4,9-10,17H,5-6H2/t9-,10+/m0/s1. The van der Waals surface area contributed by atoms with E-state index < -0.39 is 21.2 Å². The molecule has 7 nitrogen and oxygen atoms in total. The highest BCUT2D eigenvalue weighted by molar-refractivity contribution is 8.01. The van der Waals surface area contributed by atoms with E-state index in [1.54, 1.807) is 24.3 Å². The van der Waals surface area contributed by atoms with Crippen LogP contribution in [0.25, 0.3) is 5.69 Å². The second-order valence-corrected chi connectivity index (χ2v) is 8.45. The Hall–Kier alpha value is -1.16. The quantitative estimate of drug-likeness (QED) is 0.867. The zero-order valence-corrected chi connectivity index (χ0v) is 13.0. The number of hydrogen-bond acceptors (Lipinski definition) is 7. The molecule has 1 fully saturated rings. The van der Waals surface area contributed by atoms with Crippen LogP contribution in [0.3, 0.4) is 0 Å². The van der Waals surface area contributed by atoms with Gasteiger partial charge in [0, 0.05) is 5.02 Å². The highest BCUT2D eigenvalue weighted by atomic mass is 35.5. The van der Waals surface area contributed by atoms with Gasteiger partial charge in [0.15, 0.2) is 9.84 Å². The molecule has 0 radical (unpaired) electrons. The topological polar surface area (TPSA) is 98.0 Å². The number of halogens is 1. The number of hydrogen-bond donors (Lipinski definition) is 1. The summed E-state index contributed by atoms with van der Waals surface area (Å²) in [6.07, 6.45) is -0.907. The number of tetrazole rings is 1. The Morgan fingerprint density at radius 2 is 2.00 bits per heavy atom. The van der Waals surface area contributed by atoms with Crippen molar-refractivity contribution in [1.82, 2.24) is 20.2 Å². The van der Waals surface area contributed by atoms with Crippen LogP contribution < -0.4 is 0 Å². The average molecular weight is 347 g/mol. The second kappa shape index (κ2) is 5.56. The summed E-state index contributed by atoms with van der Waals surface area (Å²) in [6.45, 7) is 0. The molecule has 1 aromatic heterocycles. The monoisotopic (exact) mass is 346 g/mol. The molecule has 21 heavy (non-hydrogen) atoms. The van der Waals surface area contributed by atoms with Gasteiger partial charge in [-0.2, -0.15) is 4.68 Å². The number of aromatic nitrogens is 4. The van der Waals surface area contributed by atoms with Gasteiger partial charge >= 0.3 is 0 Å². The van der Waals surface area contributed by atoms with E-state index in [0.717, 1.165) is 11.8 Å².